The number of hydrogen-bond donors (Lipinski definition) is 1. The van der Waals surface area contributed by atoms with Crippen molar-refractivity contribution in [2.24, 2.45) is 0 Å². The Balaban J connectivity index is 2.16. The first-order chi connectivity index (χ1) is 8.99. The molecule has 2 atom stereocenters. The van der Waals surface area contributed by atoms with Crippen molar-refractivity contribution in [2.45, 2.75) is 52.2 Å². The van der Waals surface area contributed by atoms with Crippen LogP contribution >= 0.6 is 0 Å². The molecule has 2 unspecified atom stereocenters. The molecule has 104 valence electrons. The van der Waals surface area contributed by atoms with Crippen molar-refractivity contribution in [1.82, 2.24) is 4.90 Å². The third kappa shape index (κ3) is 3.16. The molecular formula is C16H23NO2. The van der Waals surface area contributed by atoms with E-state index in [1.807, 2.05) is 30.0 Å². The number of likely N-dealkylation sites (tertiary alicyclic amines) is 1. The molecule has 1 amide bonds. The largest absolute Gasteiger partial charge is 0.393 e. The fourth-order valence-corrected chi connectivity index (χ4v) is 2.78. The SMILES string of the molecule is Cc1ccc(C(=O)N2CCCC2CC(C)O)cc1C. The molecule has 2 rings (SSSR count). The molecule has 0 spiro atoms. The first-order valence-electron chi connectivity index (χ1n) is 7.05. The van der Waals surface area contributed by atoms with Crippen LogP contribution in [0.15, 0.2) is 18.2 Å². The maximum Gasteiger partial charge on any atom is 0.254 e. The number of hydrogen-bond acceptors (Lipinski definition) is 2. The monoisotopic (exact) mass is 261 g/mol. The highest BCUT2D eigenvalue weighted by molar-refractivity contribution is 5.94. The second-order valence-corrected chi connectivity index (χ2v) is 5.68. The molecule has 0 aliphatic carbocycles. The molecule has 19 heavy (non-hydrogen) atoms. The highest BCUT2D eigenvalue weighted by Crippen LogP contribution is 2.24. The van der Waals surface area contributed by atoms with E-state index in [0.717, 1.165) is 30.5 Å². The van der Waals surface area contributed by atoms with Gasteiger partial charge in [0.25, 0.3) is 5.91 Å². The standard InChI is InChI=1S/C16H23NO2/c1-11-6-7-14(9-12(11)2)16(19)17-8-4-5-15(17)10-13(3)18/h6-7,9,13,15,18H,4-5,8,10H2,1-3H3. The van der Waals surface area contributed by atoms with Gasteiger partial charge < -0.3 is 10.0 Å². The average molecular weight is 261 g/mol. The molecule has 1 fully saturated rings. The van der Waals surface area contributed by atoms with Gasteiger partial charge in [0, 0.05) is 18.2 Å². The minimum absolute atomic E-state index is 0.103. The van der Waals surface area contributed by atoms with Crippen molar-refractivity contribution in [2.75, 3.05) is 6.54 Å². The van der Waals surface area contributed by atoms with Gasteiger partial charge in [0.1, 0.15) is 0 Å². The van der Waals surface area contributed by atoms with E-state index in [1.165, 1.54) is 5.56 Å². The predicted octanol–water partition coefficient (Wildman–Crippen LogP) is 2.68. The van der Waals surface area contributed by atoms with Crippen LogP contribution in [0.1, 0.15) is 47.7 Å². The number of carbonyl (C=O) groups excluding carboxylic acids is 1. The molecule has 1 N–H and O–H groups in total. The van der Waals surface area contributed by atoms with E-state index >= 15 is 0 Å². The van der Waals surface area contributed by atoms with Crippen LogP contribution in [0.5, 0.6) is 0 Å². The summed E-state index contributed by atoms with van der Waals surface area (Å²) >= 11 is 0. The van der Waals surface area contributed by atoms with Crippen LogP contribution in [0.4, 0.5) is 0 Å². The summed E-state index contributed by atoms with van der Waals surface area (Å²) in [6.07, 6.45) is 2.37. The highest BCUT2D eigenvalue weighted by atomic mass is 16.3. The molecule has 3 heteroatoms. The number of carbonyl (C=O) groups is 1. The van der Waals surface area contributed by atoms with Gasteiger partial charge in [0.2, 0.25) is 0 Å². The maximum atomic E-state index is 12.5. The Morgan fingerprint density at radius 3 is 2.79 bits per heavy atom. The third-order valence-electron chi connectivity index (χ3n) is 4.01. The summed E-state index contributed by atoms with van der Waals surface area (Å²) in [4.78, 5) is 14.5. The quantitative estimate of drug-likeness (QED) is 0.908. The number of aryl methyl sites for hydroxylation is 2. The van der Waals surface area contributed by atoms with Crippen molar-refractivity contribution >= 4 is 5.91 Å². The van der Waals surface area contributed by atoms with Crippen LogP contribution in [0.3, 0.4) is 0 Å². The lowest BCUT2D eigenvalue weighted by Crippen LogP contribution is -2.37. The molecule has 0 radical (unpaired) electrons. The zero-order valence-electron chi connectivity index (χ0n) is 12.0. The van der Waals surface area contributed by atoms with Gasteiger partial charge >= 0.3 is 0 Å². The topological polar surface area (TPSA) is 40.5 Å². The van der Waals surface area contributed by atoms with Crippen LogP contribution in [0.2, 0.25) is 0 Å². The van der Waals surface area contributed by atoms with Crippen molar-refractivity contribution in [3.63, 3.8) is 0 Å². The maximum absolute atomic E-state index is 12.5. The molecule has 1 aliphatic heterocycles. The molecule has 1 heterocycles. The summed E-state index contributed by atoms with van der Waals surface area (Å²) in [6.45, 7) is 6.68. The van der Waals surface area contributed by atoms with Crippen LogP contribution in [-0.2, 0) is 0 Å². The van der Waals surface area contributed by atoms with Crippen LogP contribution in [-0.4, -0.2) is 34.6 Å². The van der Waals surface area contributed by atoms with Gasteiger partial charge in [0.15, 0.2) is 0 Å². The smallest absolute Gasteiger partial charge is 0.254 e. The van der Waals surface area contributed by atoms with Crippen LogP contribution in [0.25, 0.3) is 0 Å². The van der Waals surface area contributed by atoms with E-state index in [4.69, 9.17) is 0 Å². The predicted molar refractivity (Wildman–Crippen MR) is 76.3 cm³/mol. The van der Waals surface area contributed by atoms with Crippen molar-refractivity contribution in [1.29, 1.82) is 0 Å². The second kappa shape index (κ2) is 5.74. The number of nitrogens with zero attached hydrogens (tertiary/aromatic N) is 1. The lowest BCUT2D eigenvalue weighted by molar-refractivity contribution is 0.0682. The Morgan fingerprint density at radius 1 is 1.42 bits per heavy atom. The fourth-order valence-electron chi connectivity index (χ4n) is 2.78. The van der Waals surface area contributed by atoms with Gasteiger partial charge in [-0.3, -0.25) is 4.79 Å². The third-order valence-corrected chi connectivity index (χ3v) is 4.01. The number of aliphatic hydroxyl groups is 1. The van der Waals surface area contributed by atoms with Crippen LogP contribution in [0, 0.1) is 13.8 Å². The Labute approximate surface area is 115 Å². The van der Waals surface area contributed by atoms with Crippen molar-refractivity contribution < 1.29 is 9.90 Å². The van der Waals surface area contributed by atoms with E-state index < -0.39 is 0 Å². The molecule has 3 nitrogen and oxygen atoms in total. The normalized spacial score (nSPS) is 20.6. The Bertz CT molecular complexity index is 468. The van der Waals surface area contributed by atoms with Crippen molar-refractivity contribution in [3.05, 3.63) is 34.9 Å². The molecular weight excluding hydrogens is 238 g/mol. The number of aliphatic hydroxyl groups excluding tert-OH is 1. The first-order valence-corrected chi connectivity index (χ1v) is 7.05. The van der Waals surface area contributed by atoms with Gasteiger partial charge in [-0.05, 0) is 63.3 Å². The Kier molecular flexibility index (Phi) is 4.25. The van der Waals surface area contributed by atoms with E-state index in [-0.39, 0.29) is 18.1 Å². The summed E-state index contributed by atoms with van der Waals surface area (Å²) in [5.74, 6) is 0.103. The van der Waals surface area contributed by atoms with Crippen molar-refractivity contribution in [3.8, 4) is 0 Å². The van der Waals surface area contributed by atoms with Gasteiger partial charge in [-0.15, -0.1) is 0 Å². The van der Waals surface area contributed by atoms with E-state index in [2.05, 4.69) is 6.92 Å². The van der Waals surface area contributed by atoms with Gasteiger partial charge in [0.05, 0.1) is 6.10 Å². The number of benzene rings is 1. The fraction of sp³-hybridized carbons (Fsp3) is 0.562. The van der Waals surface area contributed by atoms with E-state index in [9.17, 15) is 9.90 Å². The van der Waals surface area contributed by atoms with Gasteiger partial charge in [-0.2, -0.15) is 0 Å². The highest BCUT2D eigenvalue weighted by Gasteiger charge is 2.30. The van der Waals surface area contributed by atoms with E-state index in [1.54, 1.807) is 6.92 Å². The van der Waals surface area contributed by atoms with Gasteiger partial charge in [-0.25, -0.2) is 0 Å². The minimum Gasteiger partial charge on any atom is -0.393 e. The summed E-state index contributed by atoms with van der Waals surface area (Å²) in [7, 11) is 0. The average Bonchev–Trinajstić information content (AvgIpc) is 2.79. The molecule has 0 aromatic heterocycles. The Morgan fingerprint density at radius 2 is 2.16 bits per heavy atom. The summed E-state index contributed by atoms with van der Waals surface area (Å²) in [6, 6.07) is 6.06. The molecule has 1 aromatic carbocycles. The number of amides is 1. The zero-order chi connectivity index (χ0) is 14.0. The summed E-state index contributed by atoms with van der Waals surface area (Å²) in [5.41, 5.74) is 3.12. The zero-order valence-corrected chi connectivity index (χ0v) is 12.0. The Hall–Kier alpha value is -1.35. The summed E-state index contributed by atoms with van der Waals surface area (Å²) in [5, 5.41) is 9.53. The van der Waals surface area contributed by atoms with E-state index in [0.29, 0.717) is 6.42 Å². The molecule has 1 aromatic rings. The van der Waals surface area contributed by atoms with Crippen LogP contribution < -0.4 is 0 Å². The first kappa shape index (κ1) is 14.1. The molecule has 1 aliphatic rings. The molecule has 1 saturated heterocycles. The second-order valence-electron chi connectivity index (χ2n) is 5.68. The lowest BCUT2D eigenvalue weighted by atomic mass is 10.0. The van der Waals surface area contributed by atoms with Gasteiger partial charge in [-0.1, -0.05) is 6.07 Å². The molecule has 0 saturated carbocycles. The minimum atomic E-state index is -0.349. The molecule has 0 bridgehead atoms. The lowest BCUT2D eigenvalue weighted by Gasteiger charge is -2.26. The summed E-state index contributed by atoms with van der Waals surface area (Å²) < 4.78 is 0. The number of rotatable bonds is 3.